The van der Waals surface area contributed by atoms with E-state index in [9.17, 15) is 5.11 Å². The summed E-state index contributed by atoms with van der Waals surface area (Å²) in [6.45, 7) is 5.69. The van der Waals surface area contributed by atoms with Gasteiger partial charge in [0, 0.05) is 12.6 Å². The molecular formula is C14H27NO. The molecule has 2 fully saturated rings. The van der Waals surface area contributed by atoms with E-state index in [0.717, 1.165) is 30.8 Å². The molecule has 16 heavy (non-hydrogen) atoms. The summed E-state index contributed by atoms with van der Waals surface area (Å²) in [6.07, 6.45) is 7.42. The topological polar surface area (TPSA) is 32.3 Å². The maximum Gasteiger partial charge on any atom is 0.0580 e. The van der Waals surface area contributed by atoms with Gasteiger partial charge in [0.1, 0.15) is 0 Å². The van der Waals surface area contributed by atoms with Crippen LogP contribution >= 0.6 is 0 Å². The molecule has 0 aromatic carbocycles. The second kappa shape index (κ2) is 5.50. The van der Waals surface area contributed by atoms with E-state index in [2.05, 4.69) is 19.2 Å². The van der Waals surface area contributed by atoms with Gasteiger partial charge < -0.3 is 10.4 Å². The SMILES string of the molecule is CC(C)C1CC(NCC2CCCCC2O)C1. The van der Waals surface area contributed by atoms with Crippen molar-refractivity contribution < 1.29 is 5.11 Å². The van der Waals surface area contributed by atoms with Crippen molar-refractivity contribution in [1.29, 1.82) is 0 Å². The maximum atomic E-state index is 9.87. The second-order valence-electron chi connectivity index (χ2n) is 6.19. The van der Waals surface area contributed by atoms with Gasteiger partial charge in [-0.3, -0.25) is 0 Å². The molecule has 2 aliphatic rings. The monoisotopic (exact) mass is 225 g/mol. The minimum Gasteiger partial charge on any atom is -0.393 e. The van der Waals surface area contributed by atoms with Gasteiger partial charge in [-0.15, -0.1) is 0 Å². The standard InChI is InChI=1S/C14H27NO/c1-10(2)12-7-13(8-12)15-9-11-5-3-4-6-14(11)16/h10-16H,3-9H2,1-2H3. The van der Waals surface area contributed by atoms with Gasteiger partial charge in [0.25, 0.3) is 0 Å². The minimum absolute atomic E-state index is 0.0396. The molecule has 0 spiro atoms. The van der Waals surface area contributed by atoms with Crippen LogP contribution in [0.2, 0.25) is 0 Å². The second-order valence-corrected chi connectivity index (χ2v) is 6.19. The maximum absolute atomic E-state index is 9.87. The van der Waals surface area contributed by atoms with Gasteiger partial charge >= 0.3 is 0 Å². The molecule has 2 heteroatoms. The molecule has 94 valence electrons. The third-order valence-corrected chi connectivity index (χ3v) is 4.66. The third-order valence-electron chi connectivity index (χ3n) is 4.66. The summed E-state index contributed by atoms with van der Waals surface area (Å²) in [5.41, 5.74) is 0. The lowest BCUT2D eigenvalue weighted by atomic mass is 9.73. The van der Waals surface area contributed by atoms with Crippen molar-refractivity contribution in [3.63, 3.8) is 0 Å². The van der Waals surface area contributed by atoms with Gasteiger partial charge in [-0.25, -0.2) is 0 Å². The molecule has 0 bridgehead atoms. The zero-order valence-electron chi connectivity index (χ0n) is 10.8. The number of aliphatic hydroxyl groups is 1. The molecule has 2 atom stereocenters. The van der Waals surface area contributed by atoms with E-state index in [1.165, 1.54) is 32.1 Å². The zero-order valence-corrected chi connectivity index (χ0v) is 10.8. The molecule has 0 aromatic heterocycles. The van der Waals surface area contributed by atoms with Gasteiger partial charge in [-0.2, -0.15) is 0 Å². The van der Waals surface area contributed by atoms with Crippen molar-refractivity contribution in [2.45, 2.75) is 64.5 Å². The Labute approximate surface area is 99.8 Å². The van der Waals surface area contributed by atoms with E-state index in [1.54, 1.807) is 0 Å². The molecule has 0 radical (unpaired) electrons. The summed E-state index contributed by atoms with van der Waals surface area (Å²) < 4.78 is 0. The van der Waals surface area contributed by atoms with Crippen molar-refractivity contribution >= 4 is 0 Å². The van der Waals surface area contributed by atoms with Crippen LogP contribution in [0.5, 0.6) is 0 Å². The Bertz CT molecular complexity index is 211. The van der Waals surface area contributed by atoms with Crippen LogP contribution in [-0.2, 0) is 0 Å². The first-order valence-electron chi connectivity index (χ1n) is 7.08. The Morgan fingerprint density at radius 3 is 2.50 bits per heavy atom. The van der Waals surface area contributed by atoms with E-state index in [1.807, 2.05) is 0 Å². The Balaban J connectivity index is 1.61. The average Bonchev–Trinajstić information content (AvgIpc) is 2.17. The highest BCUT2D eigenvalue weighted by atomic mass is 16.3. The summed E-state index contributed by atoms with van der Waals surface area (Å²) in [7, 11) is 0. The number of aliphatic hydroxyl groups excluding tert-OH is 1. The number of rotatable bonds is 4. The van der Waals surface area contributed by atoms with Crippen LogP contribution in [0.4, 0.5) is 0 Å². The van der Waals surface area contributed by atoms with Crippen LogP contribution in [0.15, 0.2) is 0 Å². The van der Waals surface area contributed by atoms with Gasteiger partial charge in [-0.05, 0) is 43.4 Å². The van der Waals surface area contributed by atoms with E-state index < -0.39 is 0 Å². The number of nitrogens with one attached hydrogen (secondary N) is 1. The van der Waals surface area contributed by atoms with E-state index >= 15 is 0 Å². The van der Waals surface area contributed by atoms with Gasteiger partial charge in [0.2, 0.25) is 0 Å². The lowest BCUT2D eigenvalue weighted by molar-refractivity contribution is 0.0618. The summed E-state index contributed by atoms with van der Waals surface area (Å²) in [4.78, 5) is 0. The molecule has 0 heterocycles. The van der Waals surface area contributed by atoms with E-state index in [-0.39, 0.29) is 6.10 Å². The smallest absolute Gasteiger partial charge is 0.0580 e. The van der Waals surface area contributed by atoms with Crippen LogP contribution < -0.4 is 5.32 Å². The molecular weight excluding hydrogens is 198 g/mol. The predicted molar refractivity (Wildman–Crippen MR) is 67.3 cm³/mol. The molecule has 2 saturated carbocycles. The first-order chi connectivity index (χ1) is 7.66. The van der Waals surface area contributed by atoms with E-state index in [4.69, 9.17) is 0 Å². The van der Waals surface area contributed by atoms with Crippen molar-refractivity contribution in [1.82, 2.24) is 5.32 Å². The summed E-state index contributed by atoms with van der Waals surface area (Å²) in [5, 5.41) is 13.5. The normalized spacial score (nSPS) is 39.8. The summed E-state index contributed by atoms with van der Waals surface area (Å²) in [5.74, 6) is 2.30. The summed E-state index contributed by atoms with van der Waals surface area (Å²) >= 11 is 0. The highest BCUT2D eigenvalue weighted by Gasteiger charge is 2.32. The lowest BCUT2D eigenvalue weighted by Gasteiger charge is -2.40. The highest BCUT2D eigenvalue weighted by Crippen LogP contribution is 2.34. The molecule has 0 amide bonds. The fourth-order valence-electron chi connectivity index (χ4n) is 3.12. The molecule has 2 rings (SSSR count). The van der Waals surface area contributed by atoms with Crippen LogP contribution in [0.25, 0.3) is 0 Å². The van der Waals surface area contributed by atoms with Crippen LogP contribution in [-0.4, -0.2) is 23.8 Å². The molecule has 2 unspecified atom stereocenters. The Morgan fingerprint density at radius 1 is 1.19 bits per heavy atom. The molecule has 0 aromatic rings. The summed E-state index contributed by atoms with van der Waals surface area (Å²) in [6, 6.07) is 0.738. The highest BCUT2D eigenvalue weighted by molar-refractivity contribution is 4.88. The largest absolute Gasteiger partial charge is 0.393 e. The van der Waals surface area contributed by atoms with Gasteiger partial charge in [0.15, 0.2) is 0 Å². The minimum atomic E-state index is -0.0396. The predicted octanol–water partition coefficient (Wildman–Crippen LogP) is 2.56. The molecule has 0 aliphatic heterocycles. The van der Waals surface area contributed by atoms with Crippen LogP contribution in [0, 0.1) is 17.8 Å². The zero-order chi connectivity index (χ0) is 11.5. The van der Waals surface area contributed by atoms with Crippen molar-refractivity contribution in [2.24, 2.45) is 17.8 Å². The fraction of sp³-hybridized carbons (Fsp3) is 1.00. The molecule has 2 aliphatic carbocycles. The quantitative estimate of drug-likeness (QED) is 0.770. The third kappa shape index (κ3) is 2.98. The lowest BCUT2D eigenvalue weighted by Crippen LogP contribution is -2.46. The Kier molecular flexibility index (Phi) is 4.26. The van der Waals surface area contributed by atoms with Gasteiger partial charge in [-0.1, -0.05) is 26.7 Å². The molecule has 2 nitrogen and oxygen atoms in total. The fourth-order valence-corrected chi connectivity index (χ4v) is 3.12. The average molecular weight is 225 g/mol. The van der Waals surface area contributed by atoms with Crippen molar-refractivity contribution in [3.8, 4) is 0 Å². The number of hydrogen-bond donors (Lipinski definition) is 2. The van der Waals surface area contributed by atoms with Crippen LogP contribution in [0.1, 0.15) is 52.4 Å². The first-order valence-corrected chi connectivity index (χ1v) is 7.08. The van der Waals surface area contributed by atoms with Crippen LogP contribution in [0.3, 0.4) is 0 Å². The van der Waals surface area contributed by atoms with E-state index in [0.29, 0.717) is 5.92 Å². The van der Waals surface area contributed by atoms with Crippen molar-refractivity contribution in [2.75, 3.05) is 6.54 Å². The Hall–Kier alpha value is -0.0800. The van der Waals surface area contributed by atoms with Gasteiger partial charge in [0.05, 0.1) is 6.10 Å². The van der Waals surface area contributed by atoms with Crippen molar-refractivity contribution in [3.05, 3.63) is 0 Å². The Morgan fingerprint density at radius 2 is 1.88 bits per heavy atom. The molecule has 0 saturated heterocycles. The molecule has 2 N–H and O–H groups in total. The number of hydrogen-bond acceptors (Lipinski definition) is 2. The first kappa shape index (κ1) is 12.4.